The summed E-state index contributed by atoms with van der Waals surface area (Å²) < 4.78 is 10.8. The normalized spacial score (nSPS) is 19.3. The fourth-order valence-corrected chi connectivity index (χ4v) is 1.37. The van der Waals surface area contributed by atoms with Gasteiger partial charge in [-0.25, -0.2) is 4.99 Å². The summed E-state index contributed by atoms with van der Waals surface area (Å²) in [5.74, 6) is 1.79. The molecule has 15 heavy (non-hydrogen) atoms. The van der Waals surface area contributed by atoms with Gasteiger partial charge in [0, 0.05) is 0 Å². The van der Waals surface area contributed by atoms with E-state index >= 15 is 0 Å². The molecule has 1 heterocycles. The number of hydrogen-bond acceptors (Lipinski definition) is 5. The van der Waals surface area contributed by atoms with Crippen LogP contribution in [0.4, 0.5) is 0 Å². The molecule has 1 unspecified atom stereocenters. The Morgan fingerprint density at radius 3 is 2.73 bits per heavy atom. The number of hydrogen-bond donors (Lipinski definition) is 2. The average molecular weight is 207 g/mol. The van der Waals surface area contributed by atoms with Crippen LogP contribution in [-0.2, 0) is 0 Å². The number of nitrogens with one attached hydrogen (secondary N) is 1. The number of nitrogens with zero attached hydrogens (tertiary/aromatic N) is 1. The van der Waals surface area contributed by atoms with Gasteiger partial charge >= 0.3 is 0 Å². The molecule has 0 aromatic heterocycles. The van der Waals surface area contributed by atoms with Crippen LogP contribution in [0.1, 0.15) is 0 Å². The molecule has 0 bridgehead atoms. The van der Waals surface area contributed by atoms with E-state index in [4.69, 9.17) is 15.2 Å². The molecule has 0 amide bonds. The van der Waals surface area contributed by atoms with Gasteiger partial charge in [0.1, 0.15) is 0 Å². The predicted octanol–water partition coefficient (Wildman–Crippen LogP) is 0.318. The number of para-hydroxylation sites is 2. The zero-order chi connectivity index (χ0) is 10.7. The largest absolute Gasteiger partial charge is 0.493 e. The second-order valence-corrected chi connectivity index (χ2v) is 3.13. The Hall–Kier alpha value is -1.91. The maximum Gasteiger partial charge on any atom is 0.192 e. The molecular weight excluding hydrogens is 194 g/mol. The first-order valence-corrected chi connectivity index (χ1v) is 4.65. The molecule has 1 aliphatic rings. The van der Waals surface area contributed by atoms with Gasteiger partial charge in [0.25, 0.3) is 0 Å². The standard InChI is InChI=1S/C10H13N3O2/c1-14-7-4-2-3-5-8(7)15-9-6-12-10(11)13-9/h2-5,9H,6H2,1H3,(H3,11,12,13). The minimum Gasteiger partial charge on any atom is -0.493 e. The lowest BCUT2D eigenvalue weighted by molar-refractivity contribution is 0.197. The molecule has 5 heteroatoms. The Labute approximate surface area is 87.9 Å². The van der Waals surface area contributed by atoms with E-state index in [2.05, 4.69) is 10.3 Å². The van der Waals surface area contributed by atoms with Crippen LogP contribution < -0.4 is 20.5 Å². The van der Waals surface area contributed by atoms with Gasteiger partial charge in [-0.1, -0.05) is 12.1 Å². The monoisotopic (exact) mass is 207 g/mol. The highest BCUT2D eigenvalue weighted by Gasteiger charge is 2.17. The summed E-state index contributed by atoms with van der Waals surface area (Å²) in [6, 6.07) is 7.46. The summed E-state index contributed by atoms with van der Waals surface area (Å²) >= 11 is 0. The second kappa shape index (κ2) is 4.08. The summed E-state index contributed by atoms with van der Waals surface area (Å²) in [6.07, 6.45) is -0.207. The number of methoxy groups -OCH3 is 1. The Bertz CT molecular complexity index is 379. The molecule has 5 nitrogen and oxygen atoms in total. The molecule has 0 saturated heterocycles. The quantitative estimate of drug-likeness (QED) is 0.748. The van der Waals surface area contributed by atoms with Crippen molar-refractivity contribution in [2.75, 3.05) is 13.7 Å². The number of benzene rings is 1. The Morgan fingerprint density at radius 2 is 2.13 bits per heavy atom. The van der Waals surface area contributed by atoms with Gasteiger partial charge in [0.2, 0.25) is 0 Å². The fourth-order valence-electron chi connectivity index (χ4n) is 1.37. The highest BCUT2D eigenvalue weighted by molar-refractivity contribution is 5.79. The van der Waals surface area contributed by atoms with Gasteiger partial charge in [-0.05, 0) is 12.1 Å². The Morgan fingerprint density at radius 1 is 1.40 bits per heavy atom. The molecule has 3 N–H and O–H groups in total. The number of nitrogens with two attached hydrogens (primary N) is 1. The second-order valence-electron chi connectivity index (χ2n) is 3.13. The summed E-state index contributed by atoms with van der Waals surface area (Å²) in [6.45, 7) is 0.518. The van der Waals surface area contributed by atoms with Crippen molar-refractivity contribution in [3.05, 3.63) is 24.3 Å². The first-order valence-electron chi connectivity index (χ1n) is 4.65. The minimum absolute atomic E-state index is 0.207. The van der Waals surface area contributed by atoms with Crippen molar-refractivity contribution in [3.8, 4) is 11.5 Å². The highest BCUT2D eigenvalue weighted by Crippen LogP contribution is 2.26. The molecule has 1 aromatic rings. The molecule has 0 fully saturated rings. The van der Waals surface area contributed by atoms with Crippen LogP contribution in [0.15, 0.2) is 29.3 Å². The van der Waals surface area contributed by atoms with Crippen molar-refractivity contribution in [2.45, 2.75) is 6.23 Å². The van der Waals surface area contributed by atoms with Gasteiger partial charge < -0.3 is 20.5 Å². The topological polar surface area (TPSA) is 68.9 Å². The number of guanidine groups is 1. The molecule has 0 spiro atoms. The van der Waals surface area contributed by atoms with Gasteiger partial charge in [0.05, 0.1) is 13.7 Å². The molecule has 1 aliphatic heterocycles. The zero-order valence-corrected chi connectivity index (χ0v) is 8.43. The maximum absolute atomic E-state index is 5.64. The van der Waals surface area contributed by atoms with Crippen LogP contribution in [0.2, 0.25) is 0 Å². The van der Waals surface area contributed by atoms with Crippen molar-refractivity contribution in [1.82, 2.24) is 5.32 Å². The van der Waals surface area contributed by atoms with Crippen LogP contribution in [0, 0.1) is 0 Å². The Kier molecular flexibility index (Phi) is 2.62. The zero-order valence-electron chi connectivity index (χ0n) is 8.43. The van der Waals surface area contributed by atoms with E-state index in [1.54, 1.807) is 7.11 Å². The first-order chi connectivity index (χ1) is 7.29. The van der Waals surface area contributed by atoms with Crippen molar-refractivity contribution in [1.29, 1.82) is 0 Å². The van der Waals surface area contributed by atoms with Crippen molar-refractivity contribution < 1.29 is 9.47 Å². The number of rotatable bonds is 3. The summed E-state index contributed by atoms with van der Waals surface area (Å²) in [4.78, 5) is 3.99. The van der Waals surface area contributed by atoms with E-state index in [1.807, 2.05) is 24.3 Å². The van der Waals surface area contributed by atoms with Gasteiger partial charge in [-0.2, -0.15) is 0 Å². The number of aliphatic imine (C=N–C) groups is 1. The van der Waals surface area contributed by atoms with Crippen molar-refractivity contribution >= 4 is 5.96 Å². The van der Waals surface area contributed by atoms with E-state index in [1.165, 1.54) is 0 Å². The predicted molar refractivity (Wildman–Crippen MR) is 57.0 cm³/mol. The fraction of sp³-hybridized carbons (Fsp3) is 0.300. The van der Waals surface area contributed by atoms with E-state index in [-0.39, 0.29) is 6.23 Å². The molecule has 0 saturated carbocycles. The van der Waals surface area contributed by atoms with Crippen LogP contribution >= 0.6 is 0 Å². The number of ether oxygens (including phenoxy) is 2. The molecule has 80 valence electrons. The van der Waals surface area contributed by atoms with E-state index in [0.29, 0.717) is 24.0 Å². The van der Waals surface area contributed by atoms with E-state index < -0.39 is 0 Å². The summed E-state index contributed by atoms with van der Waals surface area (Å²) in [5, 5.41) is 2.90. The molecule has 1 aromatic carbocycles. The third kappa shape index (κ3) is 2.12. The molecule has 1 atom stereocenters. The lowest BCUT2D eigenvalue weighted by atomic mass is 10.3. The van der Waals surface area contributed by atoms with Crippen LogP contribution in [0.25, 0.3) is 0 Å². The summed E-state index contributed by atoms with van der Waals surface area (Å²) in [7, 11) is 1.61. The smallest absolute Gasteiger partial charge is 0.192 e. The Balaban J connectivity index is 2.05. The maximum atomic E-state index is 5.64. The molecule has 0 aliphatic carbocycles. The van der Waals surface area contributed by atoms with E-state index in [0.717, 1.165) is 0 Å². The average Bonchev–Trinajstić information content (AvgIpc) is 2.65. The van der Waals surface area contributed by atoms with Gasteiger partial charge in [0.15, 0.2) is 23.7 Å². The van der Waals surface area contributed by atoms with Crippen LogP contribution in [-0.4, -0.2) is 25.8 Å². The third-order valence-corrected chi connectivity index (χ3v) is 2.07. The highest BCUT2D eigenvalue weighted by atomic mass is 16.5. The van der Waals surface area contributed by atoms with Crippen molar-refractivity contribution in [3.63, 3.8) is 0 Å². The van der Waals surface area contributed by atoms with Crippen LogP contribution in [0.3, 0.4) is 0 Å². The molecule has 2 rings (SSSR count). The van der Waals surface area contributed by atoms with Gasteiger partial charge in [-0.3, -0.25) is 0 Å². The molecule has 0 radical (unpaired) electrons. The minimum atomic E-state index is -0.207. The van der Waals surface area contributed by atoms with Crippen LogP contribution in [0.5, 0.6) is 11.5 Å². The lowest BCUT2D eigenvalue weighted by Crippen LogP contribution is -2.38. The first kappa shape index (κ1) is 9.64. The van der Waals surface area contributed by atoms with E-state index in [9.17, 15) is 0 Å². The van der Waals surface area contributed by atoms with Gasteiger partial charge in [-0.15, -0.1) is 0 Å². The lowest BCUT2D eigenvalue weighted by Gasteiger charge is -2.15. The molecular formula is C10H13N3O2. The third-order valence-electron chi connectivity index (χ3n) is 2.07. The van der Waals surface area contributed by atoms with Crippen molar-refractivity contribution in [2.24, 2.45) is 10.7 Å². The summed E-state index contributed by atoms with van der Waals surface area (Å²) in [5.41, 5.74) is 5.48. The SMILES string of the molecule is COc1ccccc1OC1CN=C(N)N1.